The number of ether oxygens (including phenoxy) is 1. The van der Waals surface area contributed by atoms with Gasteiger partial charge in [-0.3, -0.25) is 9.36 Å². The highest BCUT2D eigenvalue weighted by molar-refractivity contribution is 7.12. The molecule has 7 heteroatoms. The number of hydrogen-bond acceptors (Lipinski definition) is 6. The first kappa shape index (κ1) is 17.6. The van der Waals surface area contributed by atoms with E-state index in [0.717, 1.165) is 26.3 Å². The molecule has 0 unspecified atom stereocenters. The van der Waals surface area contributed by atoms with Crippen molar-refractivity contribution in [1.82, 2.24) is 9.55 Å². The number of ketones is 1. The predicted octanol–water partition coefficient (Wildman–Crippen LogP) is 4.27. The average molecular weight is 374 g/mol. The zero-order valence-electron chi connectivity index (χ0n) is 14.5. The molecule has 0 fully saturated rings. The van der Waals surface area contributed by atoms with Gasteiger partial charge in [-0.1, -0.05) is 0 Å². The van der Waals surface area contributed by atoms with Crippen molar-refractivity contribution in [2.24, 2.45) is 0 Å². The number of aryl methyl sites for hydroxylation is 3. The Bertz CT molecular complexity index is 936. The molecular weight excluding hydrogens is 356 g/mol. The summed E-state index contributed by atoms with van der Waals surface area (Å²) in [4.78, 5) is 30.9. The number of thiophene rings is 1. The standard InChI is InChI=1S/C18H18N2O3S2/c1-10-7-14(12(3)20(10)18-19-5-6-24-18)16(21)9-23-17(22)15-8-11(2)25-13(15)4/h5-8H,9H2,1-4H3. The fourth-order valence-electron chi connectivity index (χ4n) is 2.79. The molecule has 0 spiro atoms. The summed E-state index contributed by atoms with van der Waals surface area (Å²) in [6.07, 6.45) is 1.73. The molecule has 0 N–H and O–H groups in total. The van der Waals surface area contributed by atoms with E-state index in [0.29, 0.717) is 11.1 Å². The van der Waals surface area contributed by atoms with Crippen LogP contribution in [0.3, 0.4) is 0 Å². The number of carbonyl (C=O) groups is 2. The van der Waals surface area contributed by atoms with Crippen molar-refractivity contribution in [3.05, 3.63) is 56.0 Å². The third-order valence-corrected chi connectivity index (χ3v) is 5.66. The first-order chi connectivity index (χ1) is 11.9. The Morgan fingerprint density at radius 2 is 1.92 bits per heavy atom. The van der Waals surface area contributed by atoms with E-state index in [2.05, 4.69) is 4.98 Å². The third kappa shape index (κ3) is 3.43. The van der Waals surface area contributed by atoms with Crippen molar-refractivity contribution in [3.8, 4) is 5.13 Å². The quantitative estimate of drug-likeness (QED) is 0.494. The molecule has 25 heavy (non-hydrogen) atoms. The molecule has 0 amide bonds. The second kappa shape index (κ2) is 6.93. The lowest BCUT2D eigenvalue weighted by molar-refractivity contribution is 0.0474. The molecule has 3 aromatic heterocycles. The van der Waals surface area contributed by atoms with Crippen LogP contribution in [-0.2, 0) is 4.74 Å². The van der Waals surface area contributed by atoms with Gasteiger partial charge in [-0.05, 0) is 39.8 Å². The van der Waals surface area contributed by atoms with Gasteiger partial charge in [0, 0.05) is 38.3 Å². The minimum absolute atomic E-state index is 0.214. The summed E-state index contributed by atoms with van der Waals surface area (Å²) in [5.74, 6) is -0.669. The lowest BCUT2D eigenvalue weighted by Crippen LogP contribution is -2.15. The van der Waals surface area contributed by atoms with Gasteiger partial charge in [0.15, 0.2) is 11.7 Å². The van der Waals surface area contributed by atoms with Gasteiger partial charge in [-0.25, -0.2) is 9.78 Å². The molecule has 3 aromatic rings. The van der Waals surface area contributed by atoms with Crippen LogP contribution in [-0.4, -0.2) is 27.9 Å². The van der Waals surface area contributed by atoms with Crippen LogP contribution in [0.4, 0.5) is 0 Å². The number of carbonyl (C=O) groups excluding carboxylic acids is 2. The highest BCUT2D eigenvalue weighted by atomic mass is 32.1. The molecule has 0 aliphatic rings. The Labute approximate surface area is 153 Å². The van der Waals surface area contributed by atoms with Crippen molar-refractivity contribution in [2.45, 2.75) is 27.7 Å². The molecule has 3 heterocycles. The summed E-state index contributed by atoms with van der Waals surface area (Å²) in [5, 5.41) is 2.71. The van der Waals surface area contributed by atoms with Gasteiger partial charge >= 0.3 is 5.97 Å². The van der Waals surface area contributed by atoms with Crippen LogP contribution in [0.25, 0.3) is 5.13 Å². The number of esters is 1. The fraction of sp³-hybridized carbons (Fsp3) is 0.278. The molecule has 3 rings (SSSR count). The molecule has 0 aliphatic heterocycles. The second-order valence-electron chi connectivity index (χ2n) is 5.76. The molecule has 0 aromatic carbocycles. The number of thiazole rings is 1. The van der Waals surface area contributed by atoms with Gasteiger partial charge < -0.3 is 4.74 Å². The van der Waals surface area contributed by atoms with E-state index < -0.39 is 5.97 Å². The van der Waals surface area contributed by atoms with Gasteiger partial charge in [0.25, 0.3) is 0 Å². The van der Waals surface area contributed by atoms with E-state index in [1.807, 2.05) is 43.7 Å². The maximum absolute atomic E-state index is 12.5. The monoisotopic (exact) mass is 374 g/mol. The first-order valence-corrected chi connectivity index (χ1v) is 9.44. The molecule has 0 atom stereocenters. The van der Waals surface area contributed by atoms with Crippen molar-refractivity contribution in [2.75, 3.05) is 6.61 Å². The predicted molar refractivity (Wildman–Crippen MR) is 99.3 cm³/mol. The van der Waals surface area contributed by atoms with Crippen LogP contribution in [0.15, 0.2) is 23.7 Å². The molecule has 0 saturated heterocycles. The van der Waals surface area contributed by atoms with E-state index in [-0.39, 0.29) is 12.4 Å². The van der Waals surface area contributed by atoms with E-state index in [9.17, 15) is 9.59 Å². The fourth-order valence-corrected chi connectivity index (χ4v) is 4.45. The van der Waals surface area contributed by atoms with E-state index in [1.54, 1.807) is 12.3 Å². The Morgan fingerprint density at radius 1 is 1.16 bits per heavy atom. The maximum atomic E-state index is 12.5. The van der Waals surface area contributed by atoms with Crippen LogP contribution >= 0.6 is 22.7 Å². The van der Waals surface area contributed by atoms with Crippen LogP contribution in [0.1, 0.15) is 41.9 Å². The topological polar surface area (TPSA) is 61.2 Å². The Morgan fingerprint density at radius 3 is 2.52 bits per heavy atom. The Balaban J connectivity index is 1.75. The van der Waals surface area contributed by atoms with Crippen molar-refractivity contribution in [3.63, 3.8) is 0 Å². The van der Waals surface area contributed by atoms with E-state index in [4.69, 9.17) is 4.74 Å². The average Bonchev–Trinajstić information content (AvgIpc) is 3.25. The van der Waals surface area contributed by atoms with Gasteiger partial charge in [-0.15, -0.1) is 22.7 Å². The van der Waals surface area contributed by atoms with E-state index >= 15 is 0 Å². The molecule has 0 bridgehead atoms. The molecule has 0 aliphatic carbocycles. The normalized spacial score (nSPS) is 10.9. The first-order valence-electron chi connectivity index (χ1n) is 7.74. The summed E-state index contributed by atoms with van der Waals surface area (Å²) in [6.45, 7) is 7.34. The van der Waals surface area contributed by atoms with Gasteiger partial charge in [0.1, 0.15) is 0 Å². The Kier molecular flexibility index (Phi) is 4.87. The van der Waals surface area contributed by atoms with Crippen LogP contribution in [0.5, 0.6) is 0 Å². The SMILES string of the molecule is Cc1cc(C(=O)OCC(=O)c2cc(C)n(-c3nccs3)c2C)c(C)s1. The second-order valence-corrected chi connectivity index (χ2v) is 8.09. The van der Waals surface area contributed by atoms with Crippen LogP contribution in [0, 0.1) is 27.7 Å². The van der Waals surface area contributed by atoms with Gasteiger partial charge in [0.2, 0.25) is 5.78 Å². The third-order valence-electron chi connectivity index (χ3n) is 3.94. The smallest absolute Gasteiger partial charge is 0.339 e. The van der Waals surface area contributed by atoms with Crippen LogP contribution < -0.4 is 0 Å². The minimum Gasteiger partial charge on any atom is -0.454 e. The zero-order chi connectivity index (χ0) is 18.1. The van der Waals surface area contributed by atoms with E-state index in [1.165, 1.54) is 22.7 Å². The highest BCUT2D eigenvalue weighted by Gasteiger charge is 2.20. The molecule has 5 nitrogen and oxygen atoms in total. The molecule has 0 radical (unpaired) electrons. The number of aromatic nitrogens is 2. The number of hydrogen-bond donors (Lipinski definition) is 0. The minimum atomic E-state index is -0.455. The largest absolute Gasteiger partial charge is 0.454 e. The lowest BCUT2D eigenvalue weighted by atomic mass is 10.1. The maximum Gasteiger partial charge on any atom is 0.339 e. The molecule has 130 valence electrons. The summed E-state index contributed by atoms with van der Waals surface area (Å²) in [5.41, 5.74) is 2.81. The van der Waals surface area contributed by atoms with Crippen molar-refractivity contribution in [1.29, 1.82) is 0 Å². The Hall–Kier alpha value is -2.25. The molecular formula is C18H18N2O3S2. The number of rotatable bonds is 5. The summed E-state index contributed by atoms with van der Waals surface area (Å²) < 4.78 is 7.17. The summed E-state index contributed by atoms with van der Waals surface area (Å²) in [7, 11) is 0. The summed E-state index contributed by atoms with van der Waals surface area (Å²) >= 11 is 3.04. The number of nitrogens with zero attached hydrogens (tertiary/aromatic N) is 2. The lowest BCUT2D eigenvalue weighted by Gasteiger charge is -2.06. The number of Topliss-reactive ketones (excluding diaryl/α,β-unsaturated/α-hetero) is 1. The van der Waals surface area contributed by atoms with Gasteiger partial charge in [0.05, 0.1) is 5.56 Å². The van der Waals surface area contributed by atoms with Crippen molar-refractivity contribution >= 4 is 34.4 Å². The zero-order valence-corrected chi connectivity index (χ0v) is 16.1. The van der Waals surface area contributed by atoms with Gasteiger partial charge in [-0.2, -0.15) is 0 Å². The van der Waals surface area contributed by atoms with Crippen molar-refractivity contribution < 1.29 is 14.3 Å². The van der Waals surface area contributed by atoms with Crippen LogP contribution in [0.2, 0.25) is 0 Å². The highest BCUT2D eigenvalue weighted by Crippen LogP contribution is 2.24. The summed E-state index contributed by atoms with van der Waals surface area (Å²) in [6, 6.07) is 3.61. The molecule has 0 saturated carbocycles.